The Hall–Kier alpha value is -1.13. The zero-order valence-corrected chi connectivity index (χ0v) is 8.85. The van der Waals surface area contributed by atoms with Crippen LogP contribution in [0.3, 0.4) is 0 Å². The summed E-state index contributed by atoms with van der Waals surface area (Å²) in [5.41, 5.74) is 0. The van der Waals surface area contributed by atoms with E-state index in [9.17, 15) is 4.79 Å². The first-order valence-corrected chi connectivity index (χ1v) is 5.72. The largest absolute Gasteiger partial charge is 0.280 e. The topological polar surface area (TPSA) is 30.0 Å². The van der Waals surface area contributed by atoms with Crippen molar-refractivity contribution in [1.29, 1.82) is 0 Å². The van der Waals surface area contributed by atoms with Gasteiger partial charge in [-0.1, -0.05) is 12.1 Å². The fourth-order valence-electron chi connectivity index (χ4n) is 0.947. The Balaban J connectivity index is 2.10. The zero-order chi connectivity index (χ0) is 9.80. The van der Waals surface area contributed by atoms with E-state index in [1.54, 1.807) is 6.20 Å². The van der Waals surface area contributed by atoms with Crippen LogP contribution in [0.1, 0.15) is 9.67 Å². The highest BCUT2D eigenvalue weighted by Crippen LogP contribution is 2.22. The lowest BCUT2D eigenvalue weighted by molar-refractivity contribution is 0.109. The summed E-state index contributed by atoms with van der Waals surface area (Å²) in [4.78, 5) is 16.4. The molecule has 4 heteroatoms. The van der Waals surface area contributed by atoms with Crippen molar-refractivity contribution in [3.05, 3.63) is 46.8 Å². The molecule has 0 atom stereocenters. The number of hydrogen-bond acceptors (Lipinski definition) is 4. The van der Waals surface area contributed by atoms with E-state index in [1.807, 2.05) is 35.7 Å². The number of thioether (sulfide) groups is 1. The third-order valence-electron chi connectivity index (χ3n) is 1.56. The molecule has 0 aliphatic carbocycles. The molecule has 0 saturated carbocycles. The summed E-state index contributed by atoms with van der Waals surface area (Å²) in [5, 5.41) is 2.69. The van der Waals surface area contributed by atoms with E-state index in [0.717, 1.165) is 21.7 Å². The molecule has 2 aromatic heterocycles. The molecule has 0 unspecified atom stereocenters. The Morgan fingerprint density at radius 2 is 2.21 bits per heavy atom. The van der Waals surface area contributed by atoms with Crippen molar-refractivity contribution in [1.82, 2.24) is 4.98 Å². The van der Waals surface area contributed by atoms with Crippen molar-refractivity contribution in [2.45, 2.75) is 5.03 Å². The van der Waals surface area contributed by atoms with Gasteiger partial charge in [0, 0.05) is 6.20 Å². The van der Waals surface area contributed by atoms with Gasteiger partial charge in [-0.3, -0.25) is 4.79 Å². The zero-order valence-electron chi connectivity index (χ0n) is 7.21. The van der Waals surface area contributed by atoms with Gasteiger partial charge in [0.05, 0.1) is 4.88 Å². The van der Waals surface area contributed by atoms with E-state index in [2.05, 4.69) is 4.98 Å². The molecule has 0 N–H and O–H groups in total. The highest BCUT2D eigenvalue weighted by atomic mass is 32.2. The fraction of sp³-hybridized carbons (Fsp3) is 0. The van der Waals surface area contributed by atoms with Crippen LogP contribution in [0.25, 0.3) is 0 Å². The van der Waals surface area contributed by atoms with Gasteiger partial charge >= 0.3 is 0 Å². The molecule has 0 saturated heterocycles. The minimum atomic E-state index is 0.0544. The second-order valence-corrected chi connectivity index (χ2v) is 4.48. The van der Waals surface area contributed by atoms with Crippen LogP contribution in [0.2, 0.25) is 0 Å². The van der Waals surface area contributed by atoms with Crippen LogP contribution in [-0.2, 0) is 0 Å². The molecular weight excluding hydrogens is 214 g/mol. The Morgan fingerprint density at radius 3 is 2.86 bits per heavy atom. The van der Waals surface area contributed by atoms with Crippen molar-refractivity contribution in [2.75, 3.05) is 0 Å². The molecule has 70 valence electrons. The van der Waals surface area contributed by atoms with Crippen molar-refractivity contribution in [3.8, 4) is 0 Å². The van der Waals surface area contributed by atoms with Crippen molar-refractivity contribution in [3.63, 3.8) is 0 Å². The average molecular weight is 221 g/mol. The van der Waals surface area contributed by atoms with E-state index in [1.165, 1.54) is 11.3 Å². The highest BCUT2D eigenvalue weighted by molar-refractivity contribution is 8.14. The van der Waals surface area contributed by atoms with Crippen LogP contribution in [0.4, 0.5) is 0 Å². The van der Waals surface area contributed by atoms with Crippen LogP contribution in [0.15, 0.2) is 46.9 Å². The minimum Gasteiger partial charge on any atom is -0.280 e. The average Bonchev–Trinajstić information content (AvgIpc) is 2.72. The van der Waals surface area contributed by atoms with Gasteiger partial charge in [-0.25, -0.2) is 4.98 Å². The molecule has 2 nitrogen and oxygen atoms in total. The predicted molar refractivity (Wildman–Crippen MR) is 58.7 cm³/mol. The number of hydrogen-bond donors (Lipinski definition) is 0. The molecule has 0 aromatic carbocycles. The van der Waals surface area contributed by atoms with Crippen LogP contribution in [-0.4, -0.2) is 10.1 Å². The molecule has 0 bridgehead atoms. The SMILES string of the molecule is O=C(Sc1ccccn1)c1cccs1. The maximum atomic E-state index is 11.6. The molecule has 0 spiro atoms. The number of pyridine rings is 1. The monoisotopic (exact) mass is 221 g/mol. The summed E-state index contributed by atoms with van der Waals surface area (Å²) in [7, 11) is 0. The Labute approximate surface area is 90.0 Å². The predicted octanol–water partition coefficient (Wildman–Crippen LogP) is 3.08. The standard InChI is InChI=1S/C10H7NOS2/c12-10(8-4-3-7-13-8)14-9-5-1-2-6-11-9/h1-7H. The first-order chi connectivity index (χ1) is 6.86. The number of nitrogens with zero attached hydrogens (tertiary/aromatic N) is 1. The Morgan fingerprint density at radius 1 is 1.29 bits per heavy atom. The van der Waals surface area contributed by atoms with Gasteiger partial charge in [0.15, 0.2) is 0 Å². The summed E-state index contributed by atoms with van der Waals surface area (Å²) in [6.45, 7) is 0. The maximum Gasteiger partial charge on any atom is 0.235 e. The molecule has 0 aliphatic rings. The van der Waals surface area contributed by atoms with Gasteiger partial charge in [-0.05, 0) is 35.3 Å². The quantitative estimate of drug-likeness (QED) is 0.730. The molecule has 2 aromatic rings. The number of thiophene rings is 1. The minimum absolute atomic E-state index is 0.0544. The summed E-state index contributed by atoms with van der Waals surface area (Å²) >= 11 is 2.61. The van der Waals surface area contributed by atoms with Gasteiger partial charge in [0.1, 0.15) is 5.03 Å². The van der Waals surface area contributed by atoms with Gasteiger partial charge in [-0.15, -0.1) is 11.3 Å². The van der Waals surface area contributed by atoms with E-state index >= 15 is 0 Å². The number of aromatic nitrogens is 1. The first kappa shape index (κ1) is 9.43. The summed E-state index contributed by atoms with van der Waals surface area (Å²) in [6, 6.07) is 9.23. The Bertz CT molecular complexity index is 411. The van der Waals surface area contributed by atoms with Gasteiger partial charge < -0.3 is 0 Å². The molecule has 14 heavy (non-hydrogen) atoms. The van der Waals surface area contributed by atoms with Crippen LogP contribution in [0.5, 0.6) is 0 Å². The molecule has 0 fully saturated rings. The van der Waals surface area contributed by atoms with Gasteiger partial charge in [0.2, 0.25) is 5.12 Å². The second kappa shape index (κ2) is 4.39. The van der Waals surface area contributed by atoms with E-state index < -0.39 is 0 Å². The van der Waals surface area contributed by atoms with Crippen molar-refractivity contribution < 1.29 is 4.79 Å². The van der Waals surface area contributed by atoms with E-state index in [-0.39, 0.29) is 5.12 Å². The third kappa shape index (κ3) is 2.21. The number of rotatable bonds is 2. The molecule has 0 radical (unpaired) electrons. The number of carbonyl (C=O) groups excluding carboxylic acids is 1. The molecular formula is C10H7NOS2. The van der Waals surface area contributed by atoms with Gasteiger partial charge in [0.25, 0.3) is 0 Å². The highest BCUT2D eigenvalue weighted by Gasteiger charge is 2.08. The van der Waals surface area contributed by atoms with Crippen LogP contribution < -0.4 is 0 Å². The lowest BCUT2D eigenvalue weighted by atomic mass is 10.5. The summed E-state index contributed by atoms with van der Waals surface area (Å²) < 4.78 is 0. The smallest absolute Gasteiger partial charge is 0.235 e. The van der Waals surface area contributed by atoms with Crippen LogP contribution in [0, 0.1) is 0 Å². The van der Waals surface area contributed by atoms with E-state index in [0.29, 0.717) is 0 Å². The van der Waals surface area contributed by atoms with Crippen LogP contribution >= 0.6 is 23.1 Å². The molecule has 0 amide bonds. The molecule has 0 aliphatic heterocycles. The maximum absolute atomic E-state index is 11.6. The second-order valence-electron chi connectivity index (χ2n) is 2.53. The summed E-state index contributed by atoms with van der Waals surface area (Å²) in [5.74, 6) is 0. The lowest BCUT2D eigenvalue weighted by Gasteiger charge is -1.95. The fourth-order valence-corrected chi connectivity index (χ4v) is 2.39. The molecule has 2 rings (SSSR count). The first-order valence-electron chi connectivity index (χ1n) is 4.03. The molecule has 2 heterocycles. The van der Waals surface area contributed by atoms with Gasteiger partial charge in [-0.2, -0.15) is 0 Å². The number of carbonyl (C=O) groups is 1. The third-order valence-corrected chi connectivity index (χ3v) is 3.41. The Kier molecular flexibility index (Phi) is 2.96. The van der Waals surface area contributed by atoms with E-state index in [4.69, 9.17) is 0 Å². The van der Waals surface area contributed by atoms with Crippen molar-refractivity contribution >= 4 is 28.2 Å². The summed E-state index contributed by atoms with van der Waals surface area (Å²) in [6.07, 6.45) is 1.68. The lowest BCUT2D eigenvalue weighted by Crippen LogP contribution is -1.89. The van der Waals surface area contributed by atoms with Crippen molar-refractivity contribution in [2.24, 2.45) is 0 Å². The normalized spacial score (nSPS) is 10.0.